The van der Waals surface area contributed by atoms with Gasteiger partial charge in [-0.3, -0.25) is 9.59 Å². The summed E-state index contributed by atoms with van der Waals surface area (Å²) in [5.74, 6) is 0.496. The number of nitrogens with zero attached hydrogens (tertiary/aromatic N) is 1. The zero-order chi connectivity index (χ0) is 13.2. The van der Waals surface area contributed by atoms with Crippen LogP contribution in [0.3, 0.4) is 0 Å². The lowest BCUT2D eigenvalue weighted by Crippen LogP contribution is -2.16. The Balaban J connectivity index is 1.79. The maximum atomic E-state index is 11.9. The minimum absolute atomic E-state index is 0.163. The Morgan fingerprint density at radius 3 is 3.11 bits per heavy atom. The van der Waals surface area contributed by atoms with Crippen LogP contribution in [0.2, 0.25) is 0 Å². The van der Waals surface area contributed by atoms with Crippen molar-refractivity contribution in [1.29, 1.82) is 0 Å². The summed E-state index contributed by atoms with van der Waals surface area (Å²) in [4.78, 5) is 28.9. The van der Waals surface area contributed by atoms with Crippen LogP contribution in [-0.4, -0.2) is 22.5 Å². The Morgan fingerprint density at radius 1 is 1.42 bits per heavy atom. The minimum atomic E-state index is -0.366. The van der Waals surface area contributed by atoms with E-state index in [-0.39, 0.29) is 17.2 Å². The molecule has 2 heterocycles. The van der Waals surface area contributed by atoms with E-state index in [2.05, 4.69) is 15.3 Å². The summed E-state index contributed by atoms with van der Waals surface area (Å²) in [6, 6.07) is 5.48. The number of H-pyrrole nitrogens is 1. The second-order valence-corrected chi connectivity index (χ2v) is 4.17. The van der Waals surface area contributed by atoms with Gasteiger partial charge in [-0.2, -0.15) is 0 Å². The predicted octanol–water partition coefficient (Wildman–Crippen LogP) is 0.957. The number of fused-ring (bicyclic) bond motifs is 1. The fourth-order valence-corrected chi connectivity index (χ4v) is 1.93. The Bertz CT molecular complexity index is 673. The second kappa shape index (κ2) is 4.56. The first kappa shape index (κ1) is 11.5. The van der Waals surface area contributed by atoms with E-state index in [9.17, 15) is 9.59 Å². The molecule has 1 amide bonds. The number of carbonyl (C=O) groups excluding carboxylic acids is 1. The molecule has 96 valence electrons. The Morgan fingerprint density at radius 2 is 2.32 bits per heavy atom. The predicted molar refractivity (Wildman–Crippen MR) is 68.5 cm³/mol. The largest absolute Gasteiger partial charge is 0.493 e. The molecule has 0 bridgehead atoms. The second-order valence-electron chi connectivity index (χ2n) is 4.17. The molecule has 2 N–H and O–H groups in total. The highest BCUT2D eigenvalue weighted by Crippen LogP contribution is 2.27. The van der Waals surface area contributed by atoms with Gasteiger partial charge in [0.15, 0.2) is 0 Å². The standard InChI is InChI=1S/C13H11N3O3/c17-12-7-14-10(6-15-12)13(18)16-9-1-2-11-8(5-9)3-4-19-11/h1-2,5-7H,3-4H2,(H,15,17)(H,16,18). The van der Waals surface area contributed by atoms with Gasteiger partial charge in [0.1, 0.15) is 11.4 Å². The van der Waals surface area contributed by atoms with Crippen molar-refractivity contribution in [2.75, 3.05) is 11.9 Å². The average Bonchev–Trinajstić information content (AvgIpc) is 2.87. The van der Waals surface area contributed by atoms with Crippen molar-refractivity contribution in [2.45, 2.75) is 6.42 Å². The van der Waals surface area contributed by atoms with Crippen molar-refractivity contribution >= 4 is 11.6 Å². The highest BCUT2D eigenvalue weighted by molar-refractivity contribution is 6.02. The fraction of sp³-hybridized carbons (Fsp3) is 0.154. The van der Waals surface area contributed by atoms with E-state index < -0.39 is 0 Å². The maximum absolute atomic E-state index is 11.9. The molecule has 0 saturated carbocycles. The van der Waals surface area contributed by atoms with E-state index in [0.29, 0.717) is 12.3 Å². The van der Waals surface area contributed by atoms with Crippen molar-refractivity contribution in [3.05, 3.63) is 52.2 Å². The lowest BCUT2D eigenvalue weighted by Gasteiger charge is -2.06. The summed E-state index contributed by atoms with van der Waals surface area (Å²) in [5.41, 5.74) is 1.58. The van der Waals surface area contributed by atoms with Crippen molar-refractivity contribution in [3.63, 3.8) is 0 Å². The number of aromatic nitrogens is 2. The molecule has 0 atom stereocenters. The third kappa shape index (κ3) is 2.33. The van der Waals surface area contributed by atoms with Gasteiger partial charge in [-0.05, 0) is 23.8 Å². The average molecular weight is 257 g/mol. The number of carbonyl (C=O) groups is 1. The number of nitrogens with one attached hydrogen (secondary N) is 2. The SMILES string of the molecule is O=C(Nc1ccc2c(c1)CCO2)c1c[nH]c(=O)cn1. The molecule has 0 aliphatic carbocycles. The molecular weight excluding hydrogens is 246 g/mol. The quantitative estimate of drug-likeness (QED) is 0.839. The number of ether oxygens (including phenoxy) is 1. The number of hydrogen-bond acceptors (Lipinski definition) is 4. The number of amides is 1. The molecule has 19 heavy (non-hydrogen) atoms. The van der Waals surface area contributed by atoms with Crippen LogP contribution in [-0.2, 0) is 6.42 Å². The van der Waals surface area contributed by atoms with E-state index >= 15 is 0 Å². The van der Waals surface area contributed by atoms with Gasteiger partial charge in [0, 0.05) is 18.3 Å². The molecule has 0 radical (unpaired) electrons. The maximum Gasteiger partial charge on any atom is 0.275 e. The molecule has 0 unspecified atom stereocenters. The first-order valence-corrected chi connectivity index (χ1v) is 5.84. The lowest BCUT2D eigenvalue weighted by molar-refractivity contribution is 0.102. The first-order valence-electron chi connectivity index (χ1n) is 5.84. The Hall–Kier alpha value is -2.63. The minimum Gasteiger partial charge on any atom is -0.493 e. The summed E-state index contributed by atoms with van der Waals surface area (Å²) in [7, 11) is 0. The molecule has 1 aliphatic rings. The van der Waals surface area contributed by atoms with E-state index in [1.165, 1.54) is 6.20 Å². The van der Waals surface area contributed by atoms with Crippen molar-refractivity contribution < 1.29 is 9.53 Å². The summed E-state index contributed by atoms with van der Waals surface area (Å²) in [5, 5.41) is 2.73. The molecule has 6 nitrogen and oxygen atoms in total. The number of benzene rings is 1. The molecule has 1 aliphatic heterocycles. The molecule has 0 fully saturated rings. The van der Waals surface area contributed by atoms with Crippen LogP contribution in [0.1, 0.15) is 16.1 Å². The number of anilines is 1. The zero-order valence-corrected chi connectivity index (χ0v) is 9.97. The Kier molecular flexibility index (Phi) is 2.75. The van der Waals surface area contributed by atoms with Gasteiger partial charge in [0.05, 0.1) is 12.8 Å². The Labute approximate surface area is 108 Å². The number of rotatable bonds is 2. The first-order chi connectivity index (χ1) is 9.22. The number of hydrogen-bond donors (Lipinski definition) is 2. The van der Waals surface area contributed by atoms with Crippen molar-refractivity contribution in [2.24, 2.45) is 0 Å². The van der Waals surface area contributed by atoms with E-state index in [1.54, 1.807) is 6.07 Å². The van der Waals surface area contributed by atoms with Gasteiger partial charge in [0.25, 0.3) is 11.5 Å². The van der Waals surface area contributed by atoms with Gasteiger partial charge in [-0.15, -0.1) is 0 Å². The van der Waals surface area contributed by atoms with E-state index in [1.807, 2.05) is 12.1 Å². The lowest BCUT2D eigenvalue weighted by atomic mass is 10.1. The van der Waals surface area contributed by atoms with Crippen LogP contribution in [0.25, 0.3) is 0 Å². The van der Waals surface area contributed by atoms with Crippen LogP contribution in [0.5, 0.6) is 5.75 Å². The smallest absolute Gasteiger partial charge is 0.275 e. The van der Waals surface area contributed by atoms with Crippen LogP contribution in [0, 0.1) is 0 Å². The third-order valence-electron chi connectivity index (χ3n) is 2.85. The molecule has 6 heteroatoms. The van der Waals surface area contributed by atoms with Gasteiger partial charge in [0.2, 0.25) is 0 Å². The summed E-state index contributed by atoms with van der Waals surface area (Å²) in [6.07, 6.45) is 3.20. The highest BCUT2D eigenvalue weighted by atomic mass is 16.5. The zero-order valence-electron chi connectivity index (χ0n) is 9.97. The topological polar surface area (TPSA) is 84.1 Å². The van der Waals surface area contributed by atoms with Gasteiger partial charge in [-0.25, -0.2) is 4.98 Å². The third-order valence-corrected chi connectivity index (χ3v) is 2.85. The van der Waals surface area contributed by atoms with Crippen LogP contribution < -0.4 is 15.6 Å². The van der Waals surface area contributed by atoms with Crippen LogP contribution in [0.4, 0.5) is 5.69 Å². The van der Waals surface area contributed by atoms with E-state index in [4.69, 9.17) is 4.74 Å². The fourth-order valence-electron chi connectivity index (χ4n) is 1.93. The summed E-state index contributed by atoms with van der Waals surface area (Å²) in [6.45, 7) is 0.675. The number of aromatic amines is 1. The van der Waals surface area contributed by atoms with Crippen molar-refractivity contribution in [3.8, 4) is 5.75 Å². The molecule has 0 saturated heterocycles. The molecule has 1 aromatic heterocycles. The van der Waals surface area contributed by atoms with Gasteiger partial charge < -0.3 is 15.0 Å². The van der Waals surface area contributed by atoms with Gasteiger partial charge in [-0.1, -0.05) is 0 Å². The highest BCUT2D eigenvalue weighted by Gasteiger charge is 2.13. The molecule has 1 aromatic carbocycles. The van der Waals surface area contributed by atoms with Gasteiger partial charge >= 0.3 is 0 Å². The van der Waals surface area contributed by atoms with E-state index in [0.717, 1.165) is 23.9 Å². The molecule has 2 aromatic rings. The van der Waals surface area contributed by atoms with Crippen LogP contribution >= 0.6 is 0 Å². The van der Waals surface area contributed by atoms with Crippen molar-refractivity contribution in [1.82, 2.24) is 9.97 Å². The van der Waals surface area contributed by atoms with Crippen LogP contribution in [0.15, 0.2) is 35.4 Å². The molecule has 3 rings (SSSR count). The normalized spacial score (nSPS) is 12.6. The summed E-state index contributed by atoms with van der Waals surface area (Å²) < 4.78 is 5.39. The molecule has 0 spiro atoms. The summed E-state index contributed by atoms with van der Waals surface area (Å²) >= 11 is 0. The molecular formula is C13H11N3O3. The monoisotopic (exact) mass is 257 g/mol.